The summed E-state index contributed by atoms with van der Waals surface area (Å²) in [4.78, 5) is 17.1. The van der Waals surface area contributed by atoms with E-state index in [9.17, 15) is 4.79 Å². The van der Waals surface area contributed by atoms with Crippen LogP contribution in [0.3, 0.4) is 0 Å². The van der Waals surface area contributed by atoms with Gasteiger partial charge < -0.3 is 14.9 Å². The third-order valence-electron chi connectivity index (χ3n) is 6.56. The summed E-state index contributed by atoms with van der Waals surface area (Å²) in [6.07, 6.45) is 9.14. The summed E-state index contributed by atoms with van der Waals surface area (Å²) in [5, 5.41) is 1.52. The zero-order valence-electron chi connectivity index (χ0n) is 19.4. The molecule has 0 fully saturated rings. The number of fused-ring (bicyclic) bond motifs is 1. The van der Waals surface area contributed by atoms with Crippen LogP contribution in [0.15, 0.2) is 90.1 Å². The normalized spacial score (nSPS) is 12.9. The molecule has 0 aliphatic carbocycles. The van der Waals surface area contributed by atoms with Crippen molar-refractivity contribution in [2.45, 2.75) is 5.54 Å². The van der Waals surface area contributed by atoms with Crippen LogP contribution in [0.1, 0.15) is 22.4 Å². The van der Waals surface area contributed by atoms with Crippen molar-refractivity contribution in [3.05, 3.63) is 123 Å². The molecule has 0 saturated heterocycles. The number of hydrogen-bond donors (Lipinski definition) is 1. The lowest BCUT2D eigenvalue weighted by Gasteiger charge is -2.31. The molecule has 0 aliphatic rings. The fraction of sp³-hybridized carbons (Fsp3) is 0.103. The van der Waals surface area contributed by atoms with Crippen LogP contribution in [-0.2, 0) is 19.6 Å². The molecular weight excluding hydrogens is 456 g/mol. The molecule has 5 rings (SSSR count). The number of pyridine rings is 1. The van der Waals surface area contributed by atoms with Gasteiger partial charge in [0, 0.05) is 36.1 Å². The zero-order valence-corrected chi connectivity index (χ0v) is 20.1. The average Bonchev–Trinajstić information content (AvgIpc) is 3.32. The lowest BCUT2D eigenvalue weighted by atomic mass is 9.80. The minimum Gasteiger partial charge on any atom is -0.336 e. The molecule has 0 amide bonds. The summed E-state index contributed by atoms with van der Waals surface area (Å²) in [6, 6.07) is 22.7. The lowest BCUT2D eigenvalue weighted by molar-refractivity contribution is 0.596. The summed E-state index contributed by atoms with van der Waals surface area (Å²) < 4.78 is 3.55. The van der Waals surface area contributed by atoms with Crippen LogP contribution in [0, 0.1) is 12.3 Å². The van der Waals surface area contributed by atoms with E-state index in [4.69, 9.17) is 23.8 Å². The Morgan fingerprint density at radius 1 is 1.00 bits per heavy atom. The van der Waals surface area contributed by atoms with Gasteiger partial charge in [0.05, 0.1) is 23.7 Å². The van der Waals surface area contributed by atoms with E-state index in [1.807, 2.05) is 78.3 Å². The van der Waals surface area contributed by atoms with E-state index in [1.54, 1.807) is 30.2 Å². The van der Waals surface area contributed by atoms with E-state index in [1.165, 1.54) is 0 Å². The Hall–Kier alpha value is -4.11. The molecule has 172 valence electrons. The van der Waals surface area contributed by atoms with Crippen LogP contribution < -0.4 is 11.3 Å². The molecule has 0 spiro atoms. The molecule has 0 aliphatic heterocycles. The highest BCUT2D eigenvalue weighted by Crippen LogP contribution is 2.37. The van der Waals surface area contributed by atoms with Gasteiger partial charge in [0.2, 0.25) is 0 Å². The van der Waals surface area contributed by atoms with Crippen LogP contribution in [0.5, 0.6) is 0 Å². The van der Waals surface area contributed by atoms with Gasteiger partial charge in [0.25, 0.3) is 5.56 Å². The number of benzene rings is 3. The van der Waals surface area contributed by atoms with Gasteiger partial charge in [-0.25, -0.2) is 4.98 Å². The molecule has 2 N–H and O–H groups in total. The predicted octanol–water partition coefficient (Wildman–Crippen LogP) is 4.82. The van der Waals surface area contributed by atoms with Gasteiger partial charge in [-0.05, 0) is 58.7 Å². The number of imidazole rings is 1. The molecule has 0 saturated carbocycles. The Morgan fingerprint density at radius 2 is 1.74 bits per heavy atom. The largest absolute Gasteiger partial charge is 0.336 e. The second-order valence-corrected chi connectivity index (χ2v) is 9.05. The number of hydrogen-bond acceptors (Lipinski definition) is 3. The van der Waals surface area contributed by atoms with Gasteiger partial charge >= 0.3 is 0 Å². The molecule has 0 radical (unpaired) electrons. The highest BCUT2D eigenvalue weighted by molar-refractivity contribution is 6.30. The van der Waals surface area contributed by atoms with Crippen LogP contribution in [-0.4, -0.2) is 14.1 Å². The van der Waals surface area contributed by atoms with Crippen molar-refractivity contribution in [2.24, 2.45) is 19.8 Å². The monoisotopic (exact) mass is 478 g/mol. The van der Waals surface area contributed by atoms with Gasteiger partial charge in [0.15, 0.2) is 0 Å². The van der Waals surface area contributed by atoms with Crippen molar-refractivity contribution in [1.29, 1.82) is 0 Å². The first-order valence-corrected chi connectivity index (χ1v) is 11.4. The number of aryl methyl sites for hydroxylation is 2. The van der Waals surface area contributed by atoms with Gasteiger partial charge in [-0.3, -0.25) is 4.79 Å². The Kier molecular flexibility index (Phi) is 5.56. The van der Waals surface area contributed by atoms with Crippen LogP contribution in [0.4, 0.5) is 0 Å². The SMILES string of the molecule is C#Cc1cccc(-c2cc(=O)n(C)c3ccc(C(N)(c4ccc(Cl)cc4)c4cncn4C)cc23)c1. The van der Waals surface area contributed by atoms with Crippen molar-refractivity contribution >= 4 is 22.5 Å². The number of halogens is 1. The Morgan fingerprint density at radius 3 is 2.43 bits per heavy atom. The average molecular weight is 479 g/mol. The molecule has 0 bridgehead atoms. The van der Waals surface area contributed by atoms with E-state index in [0.717, 1.165) is 44.4 Å². The van der Waals surface area contributed by atoms with Crippen molar-refractivity contribution in [3.8, 4) is 23.5 Å². The number of rotatable bonds is 4. The maximum absolute atomic E-state index is 12.8. The van der Waals surface area contributed by atoms with Crippen molar-refractivity contribution in [1.82, 2.24) is 14.1 Å². The van der Waals surface area contributed by atoms with Crippen molar-refractivity contribution in [2.75, 3.05) is 0 Å². The standard InChI is InChI=1S/C29H23ClN4O/c1-4-19-6-5-7-20(14-19)24-16-28(35)34(3)26-13-10-22(15-25(24)26)29(31,27-17-32-18-33(27)2)21-8-11-23(30)12-9-21/h1,5-18H,31H2,2-3H3. The smallest absolute Gasteiger partial charge is 0.251 e. The maximum atomic E-state index is 12.8. The first-order valence-electron chi connectivity index (χ1n) is 11.1. The Balaban J connectivity index is 1.84. The topological polar surface area (TPSA) is 65.8 Å². The van der Waals surface area contributed by atoms with Gasteiger partial charge in [-0.15, -0.1) is 6.42 Å². The summed E-state index contributed by atoms with van der Waals surface area (Å²) in [5.41, 5.74) is 11.9. The minimum atomic E-state index is -1.02. The van der Waals surface area contributed by atoms with Gasteiger partial charge in [-0.2, -0.15) is 0 Å². The van der Waals surface area contributed by atoms with E-state index in [-0.39, 0.29) is 5.56 Å². The summed E-state index contributed by atoms with van der Waals surface area (Å²) in [5.74, 6) is 2.67. The molecular formula is C29H23ClN4O. The highest BCUT2D eigenvalue weighted by atomic mass is 35.5. The molecule has 1 atom stereocenters. The van der Waals surface area contributed by atoms with E-state index >= 15 is 0 Å². The molecule has 5 aromatic rings. The summed E-state index contributed by atoms with van der Waals surface area (Å²) in [6.45, 7) is 0. The summed E-state index contributed by atoms with van der Waals surface area (Å²) >= 11 is 6.18. The number of aromatic nitrogens is 3. The molecule has 3 aromatic carbocycles. The van der Waals surface area contributed by atoms with Crippen molar-refractivity contribution < 1.29 is 0 Å². The predicted molar refractivity (Wildman–Crippen MR) is 141 cm³/mol. The summed E-state index contributed by atoms with van der Waals surface area (Å²) in [7, 11) is 3.68. The lowest BCUT2D eigenvalue weighted by Crippen LogP contribution is -2.41. The van der Waals surface area contributed by atoms with E-state index in [2.05, 4.69) is 10.9 Å². The fourth-order valence-corrected chi connectivity index (χ4v) is 4.76. The minimum absolute atomic E-state index is 0.102. The van der Waals surface area contributed by atoms with Gasteiger partial charge in [0.1, 0.15) is 5.54 Å². The number of nitrogens with zero attached hydrogens (tertiary/aromatic N) is 3. The molecule has 6 heteroatoms. The maximum Gasteiger partial charge on any atom is 0.251 e. The fourth-order valence-electron chi connectivity index (χ4n) is 4.63. The molecule has 1 unspecified atom stereocenters. The number of terminal acetylenes is 1. The van der Waals surface area contributed by atoms with Crippen LogP contribution in [0.2, 0.25) is 5.02 Å². The first kappa shape index (κ1) is 22.7. The van der Waals surface area contributed by atoms with E-state index in [0.29, 0.717) is 5.02 Å². The van der Waals surface area contributed by atoms with Gasteiger partial charge in [-0.1, -0.05) is 47.9 Å². The van der Waals surface area contributed by atoms with E-state index < -0.39 is 5.54 Å². The molecule has 35 heavy (non-hydrogen) atoms. The number of nitrogens with two attached hydrogens (primary N) is 1. The highest BCUT2D eigenvalue weighted by Gasteiger charge is 2.35. The second kappa shape index (κ2) is 8.59. The molecule has 5 nitrogen and oxygen atoms in total. The third kappa shape index (κ3) is 3.74. The van der Waals surface area contributed by atoms with Crippen LogP contribution in [0.25, 0.3) is 22.0 Å². The third-order valence-corrected chi connectivity index (χ3v) is 6.81. The Labute approximate surface area is 208 Å². The molecule has 2 heterocycles. The quantitative estimate of drug-likeness (QED) is 0.376. The zero-order chi connectivity index (χ0) is 24.7. The molecule has 2 aromatic heterocycles. The van der Waals surface area contributed by atoms with Crippen LogP contribution >= 0.6 is 11.6 Å². The first-order chi connectivity index (χ1) is 16.8. The Bertz CT molecular complexity index is 1670. The second-order valence-electron chi connectivity index (χ2n) is 8.62. The van der Waals surface area contributed by atoms with Crippen molar-refractivity contribution in [3.63, 3.8) is 0 Å².